The zero-order chi connectivity index (χ0) is 103. The maximum atomic E-state index is 11.3. The molecule has 25 heteroatoms. The second kappa shape index (κ2) is 63.1. The van der Waals surface area contributed by atoms with Crippen molar-refractivity contribution in [3.05, 3.63) is 296 Å². The summed E-state index contributed by atoms with van der Waals surface area (Å²) < 4.78 is 0. The summed E-state index contributed by atoms with van der Waals surface area (Å²) in [6, 6.07) is 70.7. The van der Waals surface area contributed by atoms with E-state index in [1.165, 1.54) is 110 Å². The van der Waals surface area contributed by atoms with Gasteiger partial charge in [-0.3, -0.25) is 25.0 Å². The average molecular weight is 2490 g/mol. The normalized spacial score (nSPS) is 18.9. The molecule has 10 aromatic carbocycles. The molecule has 0 aliphatic heterocycles. The van der Waals surface area contributed by atoms with Crippen molar-refractivity contribution < 1.29 is 130 Å². The van der Waals surface area contributed by atoms with Crippen LogP contribution in [0.25, 0.3) is 0 Å². The van der Waals surface area contributed by atoms with E-state index in [-0.39, 0.29) is 32.5 Å². The molecule has 0 aromatic heterocycles. The number of para-hydroxylation sites is 5. The van der Waals surface area contributed by atoms with Crippen LogP contribution in [0.5, 0.6) is 28.7 Å². The number of benzene rings is 10. The molecule has 748 valence electrons. The molecular weight excluding hydrogens is 2340 g/mol. The van der Waals surface area contributed by atoms with Gasteiger partial charge in [0.05, 0.1) is 28.4 Å². The molecule has 8 saturated carbocycles. The predicted octanol–water partition coefficient (Wildman–Crippen LogP) is 37.7. The van der Waals surface area contributed by atoms with Gasteiger partial charge in [-0.1, -0.05) is 249 Å². The first-order valence-electron chi connectivity index (χ1n) is 49.0. The van der Waals surface area contributed by atoms with Crippen LogP contribution in [0.2, 0.25) is 0 Å². The number of rotatable bonds is 26. The predicted molar refractivity (Wildman–Crippen MR) is 587 cm³/mol. The number of nitrogens with zero attached hydrogens (tertiary/aromatic N) is 5. The van der Waals surface area contributed by atoms with Gasteiger partial charge in [0.1, 0.15) is 28.7 Å². The van der Waals surface area contributed by atoms with Crippen molar-refractivity contribution in [2.24, 2.45) is 60.5 Å². The molecule has 0 amide bonds. The van der Waals surface area contributed by atoms with Crippen molar-refractivity contribution in [3.63, 3.8) is 0 Å². The number of halogens is 10. The molecule has 18 rings (SSSR count). The summed E-state index contributed by atoms with van der Waals surface area (Å²) in [6.45, 7) is 35.0. The van der Waals surface area contributed by atoms with E-state index < -0.39 is 104 Å². The van der Waals surface area contributed by atoms with Crippen molar-refractivity contribution in [1.29, 1.82) is 0 Å². The van der Waals surface area contributed by atoms with Crippen LogP contribution in [0.3, 0.4) is 0 Å². The van der Waals surface area contributed by atoms with Gasteiger partial charge in [-0.15, -0.1) is 0 Å². The molecule has 8 aliphatic rings. The summed E-state index contributed by atoms with van der Waals surface area (Å²) in [5.74, 6) is 7.27. The average Bonchev–Trinajstić information content (AvgIpc) is 0.729. The van der Waals surface area contributed by atoms with E-state index in [4.69, 9.17) is 85.1 Å². The fourth-order valence-electron chi connectivity index (χ4n) is 22.6. The molecule has 140 heavy (non-hydrogen) atoms. The van der Waals surface area contributed by atoms with Gasteiger partial charge in [-0.05, 0) is 311 Å². The number of hydrogen-bond donors (Lipinski definition) is 5. The molecule has 10 nitrogen and oxygen atoms in total. The van der Waals surface area contributed by atoms with Gasteiger partial charge in [-0.25, -0.2) is 0 Å². The van der Waals surface area contributed by atoms with Crippen molar-refractivity contribution in [1.82, 2.24) is 0 Å². The topological polar surface area (TPSA) is 163 Å². The van der Waals surface area contributed by atoms with Crippen molar-refractivity contribution in [3.8, 4) is 28.7 Å². The molecule has 10 aromatic rings. The number of phenols is 5. The van der Waals surface area contributed by atoms with E-state index in [0.717, 1.165) is 178 Å². The Morgan fingerprint density at radius 1 is 0.286 bits per heavy atom. The van der Waals surface area contributed by atoms with Crippen LogP contribution in [-0.2, 0) is 143 Å². The van der Waals surface area contributed by atoms with E-state index in [0.29, 0.717) is 28.7 Å². The number of aliphatic imine (C=N–C) groups is 5. The Labute approximate surface area is 932 Å². The minimum absolute atomic E-state index is 0.0323. The van der Waals surface area contributed by atoms with Crippen LogP contribution in [0.4, 0.5) is 28.4 Å². The summed E-state index contributed by atoms with van der Waals surface area (Å²) >= 11 is -4.13. The summed E-state index contributed by atoms with van der Waals surface area (Å²) in [6.07, 6.45) is 36.0. The van der Waals surface area contributed by atoms with Crippen LogP contribution in [0.1, 0.15) is 308 Å². The van der Waals surface area contributed by atoms with Gasteiger partial charge < -0.3 is 25.5 Å². The van der Waals surface area contributed by atoms with Crippen LogP contribution >= 0.6 is 85.1 Å². The van der Waals surface area contributed by atoms with E-state index in [9.17, 15) is 25.5 Å². The second-order valence-corrected chi connectivity index (χ2v) is 59.5. The fourth-order valence-corrected chi connectivity index (χ4v) is 22.6. The minimum atomic E-state index is -0.826. The van der Waals surface area contributed by atoms with E-state index >= 15 is 0 Å². The number of aromatic hydroxyl groups is 5. The summed E-state index contributed by atoms with van der Waals surface area (Å²) in [4.78, 5) is 22.7. The molecule has 8 aliphatic carbocycles. The number of aryl methyl sites for hydroxylation is 4. The molecule has 0 heterocycles. The van der Waals surface area contributed by atoms with E-state index in [2.05, 4.69) is 190 Å². The molecule has 8 bridgehead atoms. The van der Waals surface area contributed by atoms with Crippen molar-refractivity contribution in [2.75, 3.05) is 0 Å². The molecule has 0 radical (unpaired) electrons. The molecular formula is C115H143Cl10N5O5Zr5. The third-order valence-electron chi connectivity index (χ3n) is 28.0. The summed E-state index contributed by atoms with van der Waals surface area (Å²) in [7, 11) is 49.3. The first-order valence-corrected chi connectivity index (χ1v) is 80.6. The first kappa shape index (κ1) is 124. The third-order valence-corrected chi connectivity index (χ3v) is 28.0. The molecule has 0 spiro atoms. The monoisotopic (exact) mass is 2470 g/mol. The SMILES string of the molecule is CCCC(C)(C)c1cc(C)cc(C=Nc2ccccc2)c1O.CCCC(C)(C)c1cc(C=Nc2ccccc2)c(O)c(C(C)(C)CCC)c1.CCCC(C)(C)c1cccc(C=Nc2ccccc2)c1O.CCCc1cc(C=Nc2ccccc2)c(O)c(C23CC4CC(CC(C4)C2)C3)c1.Cc1ccc(N=Cc2cc(C)cc(C34CC5CC(CC(C5)C3)C4)c2O)cc1.[Cl][Zr][Cl].[Cl][Zr][Cl].[Cl][Zr][Cl].[Cl][Zr][Cl].[Cl][Zr][Cl]. The van der Waals surface area contributed by atoms with Crippen molar-refractivity contribution in [2.45, 2.75) is 285 Å². The number of hydrogen-bond acceptors (Lipinski definition) is 10. The van der Waals surface area contributed by atoms with Gasteiger partial charge in [-0.2, -0.15) is 0 Å². The van der Waals surface area contributed by atoms with Crippen LogP contribution in [-0.4, -0.2) is 56.6 Å². The first-order chi connectivity index (χ1) is 66.9. The molecule has 0 atom stereocenters. The van der Waals surface area contributed by atoms with Gasteiger partial charge >= 0.3 is 189 Å². The Morgan fingerprint density at radius 3 is 0.907 bits per heavy atom. The molecule has 8 fully saturated rings. The summed E-state index contributed by atoms with van der Waals surface area (Å²) in [5, 5.41) is 54.8. The van der Waals surface area contributed by atoms with E-state index in [1.54, 1.807) is 12.4 Å². The number of phenolic OH excluding ortho intramolecular Hbond substituents is 5. The van der Waals surface area contributed by atoms with Gasteiger partial charge in [0.15, 0.2) is 0 Å². The Bertz CT molecular complexity index is 5460. The molecule has 5 N–H and O–H groups in total. The van der Waals surface area contributed by atoms with Crippen LogP contribution in [0, 0.1) is 56.3 Å². The van der Waals surface area contributed by atoms with Gasteiger partial charge in [0, 0.05) is 86.7 Å². The van der Waals surface area contributed by atoms with Crippen LogP contribution < -0.4 is 0 Å². The standard InChI is InChI=1S/C26H31NO.C25H29NO.C25H35NO.C20H25NO.C19H23NO.10ClH.5Zr/c1-2-6-18-12-22(17-27-23-7-4-3-5-8-23)25(28)24(13-18)26-14-19-9-20(15-26)11-21(10-19)16-26;1-16-3-5-22(6-4-16)26-15-21-7-17(2)8-23(24(21)27)25-12-18-9-19(13-25)11-20(10-18)14-25;1-7-14-24(3,4)20-16-19(18-26-21-12-10-9-11-13-21)23(27)22(17-20)25(5,6)15-8-2;1-5-11-20(3,4)18-13-15(2)12-16(19(18)22)14-21-17-9-7-6-8-10-17;1-4-13-19(2,3)17-12-8-9-15(18(17)21)14-20-16-10-6-5-7-11-16;;;;;;;;;;;;;;;/h3-5,7-8,12-13,17,19-21,28H,2,6,9-11,14-16H2,1H3;3-8,15,18-20,27H,9-14H2,1-2H3;9-13,16-18,27H,7-8,14-15H2,1-6H3;6-10,12-14,22H,5,11H2,1-4H3;5-12,14,21H,4,13H2,1-3H3;10*1H;;;;;/q;;;;;;;;;;;;;;;5*+2/p-10. The molecule has 0 saturated heterocycles. The zero-order valence-corrected chi connectivity index (χ0v) is 104. The fraction of sp³-hybridized carbons (Fsp3) is 0.435. The van der Waals surface area contributed by atoms with Crippen molar-refractivity contribution >= 4 is 145 Å². The van der Waals surface area contributed by atoms with E-state index in [1.807, 2.05) is 176 Å². The van der Waals surface area contributed by atoms with Gasteiger partial charge in [0.25, 0.3) is 0 Å². The zero-order valence-electron chi connectivity index (χ0n) is 84.4. The Kier molecular flexibility index (Phi) is 55.8. The second-order valence-electron chi connectivity index (χ2n) is 40.8. The van der Waals surface area contributed by atoms with Crippen LogP contribution in [0.15, 0.2) is 237 Å². The Morgan fingerprint density at radius 2 is 0.564 bits per heavy atom. The maximum absolute atomic E-state index is 11.3. The quantitative estimate of drug-likeness (QED) is 0.0340. The summed E-state index contributed by atoms with van der Waals surface area (Å²) in [5.41, 5.74) is 20.6. The Balaban J connectivity index is 0.000000230. The molecule has 0 unspecified atom stereocenters. The third kappa shape index (κ3) is 38.4. The Hall–Kier alpha value is -3.13. The van der Waals surface area contributed by atoms with Gasteiger partial charge in [0.2, 0.25) is 0 Å².